The predicted molar refractivity (Wildman–Crippen MR) is 68.8 cm³/mol. The van der Waals surface area contributed by atoms with E-state index in [1.165, 1.54) is 9.13 Å². The Morgan fingerprint density at radius 1 is 1.33 bits per heavy atom. The fourth-order valence-corrected chi connectivity index (χ4v) is 1.77. The Kier molecular flexibility index (Phi) is 4.57. The van der Waals surface area contributed by atoms with E-state index in [-0.39, 0.29) is 11.8 Å². The van der Waals surface area contributed by atoms with E-state index in [1.54, 1.807) is 6.92 Å². The SMILES string of the molecule is CC(Cc1ccc(I)cc1)C(C)C(=O)O. The molecule has 15 heavy (non-hydrogen) atoms. The third kappa shape index (κ3) is 3.81. The van der Waals surface area contributed by atoms with Gasteiger partial charge in [0, 0.05) is 3.57 Å². The number of hydrogen-bond acceptors (Lipinski definition) is 1. The first kappa shape index (κ1) is 12.5. The van der Waals surface area contributed by atoms with Crippen LogP contribution in [0, 0.1) is 15.4 Å². The van der Waals surface area contributed by atoms with Crippen LogP contribution in [0.2, 0.25) is 0 Å². The molecule has 1 rings (SSSR count). The highest BCUT2D eigenvalue weighted by molar-refractivity contribution is 14.1. The van der Waals surface area contributed by atoms with E-state index in [4.69, 9.17) is 5.11 Å². The van der Waals surface area contributed by atoms with Crippen LogP contribution in [-0.4, -0.2) is 11.1 Å². The minimum Gasteiger partial charge on any atom is -0.481 e. The average Bonchev–Trinajstić information content (AvgIpc) is 2.20. The van der Waals surface area contributed by atoms with Gasteiger partial charge in [-0.05, 0) is 52.6 Å². The molecule has 82 valence electrons. The van der Waals surface area contributed by atoms with E-state index >= 15 is 0 Å². The zero-order valence-electron chi connectivity index (χ0n) is 8.90. The van der Waals surface area contributed by atoms with Gasteiger partial charge in [-0.1, -0.05) is 26.0 Å². The second kappa shape index (κ2) is 5.49. The maximum atomic E-state index is 10.8. The van der Waals surface area contributed by atoms with E-state index in [1.807, 2.05) is 19.1 Å². The Bertz CT molecular complexity index is 332. The summed E-state index contributed by atoms with van der Waals surface area (Å²) in [7, 11) is 0. The van der Waals surface area contributed by atoms with Crippen LogP contribution in [0.25, 0.3) is 0 Å². The lowest BCUT2D eigenvalue weighted by Crippen LogP contribution is -2.19. The Morgan fingerprint density at radius 3 is 2.33 bits per heavy atom. The van der Waals surface area contributed by atoms with Gasteiger partial charge in [0.15, 0.2) is 0 Å². The number of rotatable bonds is 4. The summed E-state index contributed by atoms with van der Waals surface area (Å²) in [6.07, 6.45) is 0.824. The van der Waals surface area contributed by atoms with Crippen molar-refractivity contribution >= 4 is 28.6 Å². The van der Waals surface area contributed by atoms with E-state index < -0.39 is 5.97 Å². The topological polar surface area (TPSA) is 37.3 Å². The number of carboxylic acid groups (broad SMARTS) is 1. The van der Waals surface area contributed by atoms with Crippen molar-refractivity contribution in [2.75, 3.05) is 0 Å². The van der Waals surface area contributed by atoms with Crippen LogP contribution in [0.15, 0.2) is 24.3 Å². The highest BCUT2D eigenvalue weighted by atomic mass is 127. The molecule has 1 aromatic rings. The minimum absolute atomic E-state index is 0.169. The van der Waals surface area contributed by atoms with Gasteiger partial charge >= 0.3 is 5.97 Å². The summed E-state index contributed by atoms with van der Waals surface area (Å²) in [5.74, 6) is -0.833. The number of halogens is 1. The second-order valence-corrected chi connectivity index (χ2v) is 5.18. The Hall–Kier alpha value is -0.580. The summed E-state index contributed by atoms with van der Waals surface area (Å²) in [6.45, 7) is 3.75. The molecule has 3 heteroatoms. The van der Waals surface area contributed by atoms with Crippen LogP contribution < -0.4 is 0 Å². The Morgan fingerprint density at radius 2 is 1.87 bits per heavy atom. The molecule has 1 N–H and O–H groups in total. The van der Waals surface area contributed by atoms with Gasteiger partial charge < -0.3 is 5.11 Å². The summed E-state index contributed by atoms with van der Waals surface area (Å²) < 4.78 is 1.20. The zero-order valence-corrected chi connectivity index (χ0v) is 11.1. The van der Waals surface area contributed by atoms with Crippen molar-refractivity contribution in [1.29, 1.82) is 0 Å². The summed E-state index contributed by atoms with van der Waals surface area (Å²) in [4.78, 5) is 10.8. The molecule has 0 aromatic heterocycles. The zero-order chi connectivity index (χ0) is 11.4. The molecule has 0 heterocycles. The first-order chi connectivity index (χ1) is 7.00. The minimum atomic E-state index is -0.715. The fourth-order valence-electron chi connectivity index (χ4n) is 1.41. The largest absolute Gasteiger partial charge is 0.481 e. The lowest BCUT2D eigenvalue weighted by Gasteiger charge is -2.15. The lowest BCUT2D eigenvalue weighted by molar-refractivity contribution is -0.142. The van der Waals surface area contributed by atoms with Gasteiger partial charge in [-0.15, -0.1) is 0 Å². The van der Waals surface area contributed by atoms with E-state index in [2.05, 4.69) is 34.7 Å². The molecule has 0 amide bonds. The van der Waals surface area contributed by atoms with E-state index in [9.17, 15) is 4.79 Å². The first-order valence-corrected chi connectivity index (χ1v) is 6.06. The van der Waals surface area contributed by atoms with Gasteiger partial charge in [0.1, 0.15) is 0 Å². The molecule has 1 aromatic carbocycles. The molecule has 2 nitrogen and oxygen atoms in total. The molecule has 0 bridgehead atoms. The summed E-state index contributed by atoms with van der Waals surface area (Å²) in [6, 6.07) is 8.22. The molecular weight excluding hydrogens is 303 g/mol. The van der Waals surface area contributed by atoms with Crippen molar-refractivity contribution in [3.63, 3.8) is 0 Å². The van der Waals surface area contributed by atoms with Gasteiger partial charge in [0.2, 0.25) is 0 Å². The highest BCUT2D eigenvalue weighted by Gasteiger charge is 2.19. The number of aliphatic carboxylic acids is 1. The summed E-state index contributed by atoms with van der Waals surface area (Å²) in [5, 5.41) is 8.87. The molecular formula is C12H15IO2. The van der Waals surface area contributed by atoms with Crippen molar-refractivity contribution in [1.82, 2.24) is 0 Å². The van der Waals surface area contributed by atoms with Crippen molar-refractivity contribution in [3.05, 3.63) is 33.4 Å². The molecule has 2 atom stereocenters. The Labute approximate surface area is 104 Å². The molecule has 0 fully saturated rings. The van der Waals surface area contributed by atoms with Crippen LogP contribution in [-0.2, 0) is 11.2 Å². The average molecular weight is 318 g/mol. The van der Waals surface area contributed by atoms with Crippen LogP contribution in [0.1, 0.15) is 19.4 Å². The lowest BCUT2D eigenvalue weighted by atomic mass is 9.90. The van der Waals surface area contributed by atoms with Gasteiger partial charge in [0.05, 0.1) is 5.92 Å². The molecule has 0 aliphatic heterocycles. The third-order valence-electron chi connectivity index (χ3n) is 2.71. The Balaban J connectivity index is 2.62. The number of hydrogen-bond donors (Lipinski definition) is 1. The summed E-state index contributed by atoms with van der Waals surface area (Å²) >= 11 is 2.26. The quantitative estimate of drug-likeness (QED) is 0.866. The van der Waals surface area contributed by atoms with Gasteiger partial charge in [-0.3, -0.25) is 4.79 Å². The monoisotopic (exact) mass is 318 g/mol. The standard InChI is InChI=1S/C12H15IO2/c1-8(9(2)12(14)15)7-10-3-5-11(13)6-4-10/h3-6,8-9H,7H2,1-2H3,(H,14,15). The van der Waals surface area contributed by atoms with Gasteiger partial charge in [-0.25, -0.2) is 0 Å². The van der Waals surface area contributed by atoms with Crippen LogP contribution >= 0.6 is 22.6 Å². The van der Waals surface area contributed by atoms with Crippen molar-refractivity contribution in [2.45, 2.75) is 20.3 Å². The van der Waals surface area contributed by atoms with Crippen LogP contribution in [0.4, 0.5) is 0 Å². The van der Waals surface area contributed by atoms with Crippen LogP contribution in [0.3, 0.4) is 0 Å². The van der Waals surface area contributed by atoms with Crippen molar-refractivity contribution in [2.24, 2.45) is 11.8 Å². The highest BCUT2D eigenvalue weighted by Crippen LogP contribution is 2.18. The predicted octanol–water partition coefficient (Wildman–Crippen LogP) is 3.19. The van der Waals surface area contributed by atoms with E-state index in [0.29, 0.717) is 0 Å². The first-order valence-electron chi connectivity index (χ1n) is 4.98. The van der Waals surface area contributed by atoms with E-state index in [0.717, 1.165) is 6.42 Å². The number of benzene rings is 1. The second-order valence-electron chi connectivity index (χ2n) is 3.93. The van der Waals surface area contributed by atoms with Crippen LogP contribution in [0.5, 0.6) is 0 Å². The molecule has 2 unspecified atom stereocenters. The number of carbonyl (C=O) groups is 1. The number of carboxylic acids is 1. The maximum absolute atomic E-state index is 10.8. The van der Waals surface area contributed by atoms with Crippen molar-refractivity contribution in [3.8, 4) is 0 Å². The normalized spacial score (nSPS) is 14.6. The molecule has 0 spiro atoms. The molecule has 0 saturated heterocycles. The third-order valence-corrected chi connectivity index (χ3v) is 3.43. The fraction of sp³-hybridized carbons (Fsp3) is 0.417. The van der Waals surface area contributed by atoms with Gasteiger partial charge in [0.25, 0.3) is 0 Å². The summed E-state index contributed by atoms with van der Waals surface area (Å²) in [5.41, 5.74) is 1.20. The molecule has 0 saturated carbocycles. The molecule has 0 aliphatic rings. The van der Waals surface area contributed by atoms with Gasteiger partial charge in [-0.2, -0.15) is 0 Å². The van der Waals surface area contributed by atoms with Crippen molar-refractivity contribution < 1.29 is 9.90 Å². The smallest absolute Gasteiger partial charge is 0.306 e. The molecule has 0 aliphatic carbocycles. The molecule has 0 radical (unpaired) electrons. The maximum Gasteiger partial charge on any atom is 0.306 e.